The molecule has 0 radical (unpaired) electrons. The van der Waals surface area contributed by atoms with Crippen LogP contribution in [0.2, 0.25) is 0 Å². The topological polar surface area (TPSA) is 116 Å². The number of ether oxygens (including phenoxy) is 1. The maximum atomic E-state index is 13.0. The zero-order valence-electron chi connectivity index (χ0n) is 16.8. The Labute approximate surface area is 176 Å². The molecule has 2 aromatic carbocycles. The van der Waals surface area contributed by atoms with Gasteiger partial charge in [0, 0.05) is 17.8 Å². The molecule has 0 fully saturated rings. The van der Waals surface area contributed by atoms with Gasteiger partial charge in [-0.25, -0.2) is 13.2 Å². The van der Waals surface area contributed by atoms with E-state index < -0.39 is 32.3 Å². The summed E-state index contributed by atoms with van der Waals surface area (Å²) in [6, 6.07) is 15.8. The average Bonchev–Trinajstić information content (AvgIpc) is 2.75. The van der Waals surface area contributed by atoms with Crippen molar-refractivity contribution in [3.8, 4) is 0 Å². The SMILES string of the molecule is CCCC(CCC(NC(=O)OCc1ccccc1)S(=O)(=O)c1ccccc1)[N+](=O)[O-]. The summed E-state index contributed by atoms with van der Waals surface area (Å²) in [5.41, 5.74) is 0.756. The van der Waals surface area contributed by atoms with Gasteiger partial charge in [-0.05, 0) is 30.5 Å². The lowest BCUT2D eigenvalue weighted by Gasteiger charge is -2.20. The van der Waals surface area contributed by atoms with Crippen LogP contribution in [0.3, 0.4) is 0 Å². The Kier molecular flexibility index (Phi) is 8.79. The Bertz CT molecular complexity index is 919. The minimum atomic E-state index is -3.95. The fraction of sp³-hybridized carbons (Fsp3) is 0.381. The fourth-order valence-corrected chi connectivity index (χ4v) is 4.57. The standard InChI is InChI=1S/C21H26N2O6S/c1-2-9-18(23(25)26)14-15-20(30(27,28)19-12-7-4-8-13-19)22-21(24)29-16-17-10-5-3-6-11-17/h3-8,10-13,18,20H,2,9,14-16H2,1H3,(H,22,24). The molecule has 2 rings (SSSR count). The predicted molar refractivity (Wildman–Crippen MR) is 112 cm³/mol. The predicted octanol–water partition coefficient (Wildman–Crippen LogP) is 3.94. The molecule has 0 heterocycles. The first kappa shape index (κ1) is 23.3. The Morgan fingerprint density at radius 2 is 1.63 bits per heavy atom. The average molecular weight is 435 g/mol. The first-order valence-electron chi connectivity index (χ1n) is 9.74. The second-order valence-corrected chi connectivity index (χ2v) is 8.99. The zero-order valence-corrected chi connectivity index (χ0v) is 17.6. The Morgan fingerprint density at radius 3 is 2.20 bits per heavy atom. The Balaban J connectivity index is 2.13. The lowest BCUT2D eigenvalue weighted by Crippen LogP contribution is -2.42. The molecule has 0 spiro atoms. The van der Waals surface area contributed by atoms with Crippen molar-refractivity contribution in [3.05, 3.63) is 76.3 Å². The van der Waals surface area contributed by atoms with E-state index in [1.165, 1.54) is 12.1 Å². The van der Waals surface area contributed by atoms with Crippen molar-refractivity contribution < 1.29 is 22.9 Å². The van der Waals surface area contributed by atoms with E-state index in [4.69, 9.17) is 4.74 Å². The fourth-order valence-electron chi connectivity index (χ4n) is 3.01. The van der Waals surface area contributed by atoms with Gasteiger partial charge in [0.25, 0.3) is 0 Å². The molecule has 0 aliphatic rings. The van der Waals surface area contributed by atoms with E-state index in [0.29, 0.717) is 12.8 Å². The highest BCUT2D eigenvalue weighted by molar-refractivity contribution is 7.92. The summed E-state index contributed by atoms with van der Waals surface area (Å²) < 4.78 is 31.2. The van der Waals surface area contributed by atoms with Gasteiger partial charge in [0.2, 0.25) is 6.04 Å². The molecule has 1 N–H and O–H groups in total. The molecular formula is C21H26N2O6S. The molecule has 8 nitrogen and oxygen atoms in total. The molecule has 2 atom stereocenters. The summed E-state index contributed by atoms with van der Waals surface area (Å²) in [5.74, 6) is 0. The van der Waals surface area contributed by atoms with E-state index in [9.17, 15) is 23.3 Å². The monoisotopic (exact) mass is 434 g/mol. The van der Waals surface area contributed by atoms with E-state index in [1.807, 2.05) is 13.0 Å². The number of nitrogens with one attached hydrogen (secondary N) is 1. The summed E-state index contributed by atoms with van der Waals surface area (Å²) >= 11 is 0. The number of sulfone groups is 1. The number of amides is 1. The lowest BCUT2D eigenvalue weighted by molar-refractivity contribution is -0.524. The van der Waals surface area contributed by atoms with Crippen LogP contribution in [0.5, 0.6) is 0 Å². The van der Waals surface area contributed by atoms with Crippen LogP contribution in [-0.4, -0.2) is 30.9 Å². The summed E-state index contributed by atoms with van der Waals surface area (Å²) in [4.78, 5) is 23.2. The van der Waals surface area contributed by atoms with Gasteiger partial charge >= 0.3 is 6.09 Å². The normalized spacial score (nSPS) is 13.2. The van der Waals surface area contributed by atoms with Crippen LogP contribution in [0.1, 0.15) is 38.2 Å². The first-order chi connectivity index (χ1) is 14.3. The molecule has 2 unspecified atom stereocenters. The minimum absolute atomic E-state index is 0.0157. The molecule has 162 valence electrons. The number of hydrogen-bond acceptors (Lipinski definition) is 6. The van der Waals surface area contributed by atoms with Gasteiger partial charge < -0.3 is 10.1 Å². The van der Waals surface area contributed by atoms with Crippen LogP contribution in [-0.2, 0) is 21.2 Å². The van der Waals surface area contributed by atoms with Gasteiger partial charge in [0.15, 0.2) is 9.84 Å². The van der Waals surface area contributed by atoms with Gasteiger partial charge in [0.1, 0.15) is 12.0 Å². The van der Waals surface area contributed by atoms with E-state index in [0.717, 1.165) is 5.56 Å². The molecule has 0 aliphatic carbocycles. The van der Waals surface area contributed by atoms with Crippen molar-refractivity contribution in [1.29, 1.82) is 0 Å². The first-order valence-corrected chi connectivity index (χ1v) is 11.3. The third kappa shape index (κ3) is 6.84. The summed E-state index contributed by atoms with van der Waals surface area (Å²) in [6.45, 7) is 1.81. The number of rotatable bonds is 11. The Morgan fingerprint density at radius 1 is 1.03 bits per heavy atom. The van der Waals surface area contributed by atoms with Crippen molar-refractivity contribution in [3.63, 3.8) is 0 Å². The molecule has 0 aliphatic heterocycles. The molecular weight excluding hydrogens is 408 g/mol. The number of alkyl carbamates (subject to hydrolysis) is 1. The highest BCUT2D eigenvalue weighted by Gasteiger charge is 2.32. The van der Waals surface area contributed by atoms with Crippen molar-refractivity contribution in [2.75, 3.05) is 0 Å². The second kappa shape index (κ2) is 11.3. The van der Waals surface area contributed by atoms with Gasteiger partial charge in [0.05, 0.1) is 4.90 Å². The van der Waals surface area contributed by atoms with Crippen LogP contribution in [0.15, 0.2) is 65.6 Å². The molecule has 30 heavy (non-hydrogen) atoms. The smallest absolute Gasteiger partial charge is 0.408 e. The Hall–Kier alpha value is -2.94. The number of benzene rings is 2. The minimum Gasteiger partial charge on any atom is -0.445 e. The number of nitrogens with zero attached hydrogens (tertiary/aromatic N) is 1. The van der Waals surface area contributed by atoms with Gasteiger partial charge in [-0.2, -0.15) is 0 Å². The van der Waals surface area contributed by atoms with E-state index in [2.05, 4.69) is 5.32 Å². The van der Waals surface area contributed by atoms with Gasteiger partial charge in [-0.3, -0.25) is 10.1 Å². The lowest BCUT2D eigenvalue weighted by atomic mass is 10.1. The molecule has 2 aromatic rings. The van der Waals surface area contributed by atoms with E-state index in [-0.39, 0.29) is 24.3 Å². The molecule has 0 saturated heterocycles. The molecule has 9 heteroatoms. The summed E-state index contributed by atoms with van der Waals surface area (Å²) in [5, 5.41) is 12.3. The number of carbonyl (C=O) groups is 1. The summed E-state index contributed by atoms with van der Waals surface area (Å²) in [7, 11) is -3.95. The van der Waals surface area contributed by atoms with Gasteiger partial charge in [-0.1, -0.05) is 55.5 Å². The quantitative estimate of drug-likeness (QED) is 0.423. The number of nitro groups is 1. The van der Waals surface area contributed by atoms with Crippen LogP contribution < -0.4 is 5.32 Å². The molecule has 1 amide bonds. The third-order valence-electron chi connectivity index (χ3n) is 4.62. The van der Waals surface area contributed by atoms with Crippen LogP contribution in [0.25, 0.3) is 0 Å². The van der Waals surface area contributed by atoms with Crippen molar-refractivity contribution >= 4 is 15.9 Å². The second-order valence-electron chi connectivity index (χ2n) is 6.86. The maximum Gasteiger partial charge on any atom is 0.408 e. The highest BCUT2D eigenvalue weighted by atomic mass is 32.2. The van der Waals surface area contributed by atoms with Crippen molar-refractivity contribution in [2.24, 2.45) is 0 Å². The zero-order chi connectivity index (χ0) is 22.0. The van der Waals surface area contributed by atoms with Crippen LogP contribution in [0.4, 0.5) is 4.79 Å². The molecule has 0 bridgehead atoms. The van der Waals surface area contributed by atoms with Crippen molar-refractivity contribution in [2.45, 2.75) is 55.5 Å². The highest BCUT2D eigenvalue weighted by Crippen LogP contribution is 2.20. The molecule has 0 aromatic heterocycles. The number of hydrogen-bond donors (Lipinski definition) is 1. The van der Waals surface area contributed by atoms with E-state index in [1.54, 1.807) is 42.5 Å². The molecule has 0 saturated carbocycles. The van der Waals surface area contributed by atoms with Crippen LogP contribution in [0, 0.1) is 10.1 Å². The van der Waals surface area contributed by atoms with E-state index >= 15 is 0 Å². The van der Waals surface area contributed by atoms with Crippen molar-refractivity contribution in [1.82, 2.24) is 5.32 Å². The third-order valence-corrected chi connectivity index (χ3v) is 6.65. The van der Waals surface area contributed by atoms with Gasteiger partial charge in [-0.15, -0.1) is 0 Å². The maximum absolute atomic E-state index is 13.0. The number of carbonyl (C=O) groups excluding carboxylic acids is 1. The summed E-state index contributed by atoms with van der Waals surface area (Å²) in [6.07, 6.45) is -0.0194. The van der Waals surface area contributed by atoms with Crippen LogP contribution >= 0.6 is 0 Å². The largest absolute Gasteiger partial charge is 0.445 e.